The van der Waals surface area contributed by atoms with Gasteiger partial charge in [-0.05, 0) is 51.1 Å². The van der Waals surface area contributed by atoms with Crippen LogP contribution in [0.4, 0.5) is 0 Å². The third-order valence-electron chi connectivity index (χ3n) is 3.42. The molecule has 0 heterocycles. The summed E-state index contributed by atoms with van der Waals surface area (Å²) in [6.45, 7) is 8.36. The Labute approximate surface area is 95.2 Å². The zero-order valence-electron chi connectivity index (χ0n) is 10.5. The lowest BCUT2D eigenvalue weighted by molar-refractivity contribution is 0.192. The SMILES string of the molecule is CCCN(CCC)CC1CCCC(N)C1. The van der Waals surface area contributed by atoms with E-state index in [0.29, 0.717) is 6.04 Å². The topological polar surface area (TPSA) is 29.3 Å². The first-order valence-electron chi connectivity index (χ1n) is 6.74. The Kier molecular flexibility index (Phi) is 6.26. The van der Waals surface area contributed by atoms with Crippen LogP contribution in [0.2, 0.25) is 0 Å². The lowest BCUT2D eigenvalue weighted by Crippen LogP contribution is -2.36. The van der Waals surface area contributed by atoms with Crippen molar-refractivity contribution in [3.8, 4) is 0 Å². The number of hydrogen-bond donors (Lipinski definition) is 1. The lowest BCUT2D eigenvalue weighted by atomic mass is 9.86. The molecule has 0 aromatic rings. The standard InChI is InChI=1S/C13H28N2/c1-3-8-15(9-4-2)11-12-6-5-7-13(14)10-12/h12-13H,3-11,14H2,1-2H3. The van der Waals surface area contributed by atoms with Gasteiger partial charge in [-0.25, -0.2) is 0 Å². The van der Waals surface area contributed by atoms with Crippen molar-refractivity contribution in [3.05, 3.63) is 0 Å². The van der Waals surface area contributed by atoms with Gasteiger partial charge >= 0.3 is 0 Å². The molecule has 2 unspecified atom stereocenters. The van der Waals surface area contributed by atoms with Crippen LogP contribution in [-0.2, 0) is 0 Å². The summed E-state index contributed by atoms with van der Waals surface area (Å²) in [4.78, 5) is 2.63. The van der Waals surface area contributed by atoms with Crippen molar-refractivity contribution < 1.29 is 0 Å². The second kappa shape index (κ2) is 7.24. The Morgan fingerprint density at radius 3 is 2.33 bits per heavy atom. The van der Waals surface area contributed by atoms with Crippen LogP contribution in [0.3, 0.4) is 0 Å². The molecular formula is C13H28N2. The summed E-state index contributed by atoms with van der Waals surface area (Å²) in [6, 6.07) is 0.480. The van der Waals surface area contributed by atoms with Gasteiger partial charge in [0.2, 0.25) is 0 Å². The van der Waals surface area contributed by atoms with E-state index >= 15 is 0 Å². The molecule has 0 amide bonds. The minimum atomic E-state index is 0.480. The monoisotopic (exact) mass is 212 g/mol. The van der Waals surface area contributed by atoms with Crippen LogP contribution in [0.5, 0.6) is 0 Å². The van der Waals surface area contributed by atoms with E-state index < -0.39 is 0 Å². The van der Waals surface area contributed by atoms with Crippen molar-refractivity contribution in [3.63, 3.8) is 0 Å². The predicted octanol–water partition coefficient (Wildman–Crippen LogP) is 2.63. The Balaban J connectivity index is 2.28. The zero-order chi connectivity index (χ0) is 11.1. The van der Waals surface area contributed by atoms with Gasteiger partial charge in [0.1, 0.15) is 0 Å². The molecule has 0 radical (unpaired) electrons. The van der Waals surface area contributed by atoms with Gasteiger partial charge in [-0.15, -0.1) is 0 Å². The van der Waals surface area contributed by atoms with Crippen LogP contribution in [0.1, 0.15) is 52.4 Å². The maximum Gasteiger partial charge on any atom is 0.00419 e. The van der Waals surface area contributed by atoms with E-state index in [-0.39, 0.29) is 0 Å². The number of nitrogens with two attached hydrogens (primary N) is 1. The largest absolute Gasteiger partial charge is 0.328 e. The maximum absolute atomic E-state index is 6.03. The summed E-state index contributed by atoms with van der Waals surface area (Å²) in [5.74, 6) is 0.867. The molecule has 0 saturated heterocycles. The van der Waals surface area contributed by atoms with Crippen molar-refractivity contribution in [1.29, 1.82) is 0 Å². The molecule has 1 fully saturated rings. The smallest absolute Gasteiger partial charge is 0.00419 e. The Morgan fingerprint density at radius 1 is 1.13 bits per heavy atom. The molecule has 1 aliphatic carbocycles. The molecule has 2 atom stereocenters. The molecule has 1 saturated carbocycles. The first-order chi connectivity index (χ1) is 7.26. The molecule has 15 heavy (non-hydrogen) atoms. The quantitative estimate of drug-likeness (QED) is 0.733. The van der Waals surface area contributed by atoms with Crippen LogP contribution in [0.25, 0.3) is 0 Å². The average Bonchev–Trinajstić information content (AvgIpc) is 2.18. The van der Waals surface area contributed by atoms with Crippen LogP contribution < -0.4 is 5.73 Å². The fraction of sp³-hybridized carbons (Fsp3) is 1.00. The molecule has 1 aliphatic rings. The van der Waals surface area contributed by atoms with Gasteiger partial charge in [0, 0.05) is 12.6 Å². The summed E-state index contributed by atoms with van der Waals surface area (Å²) in [5.41, 5.74) is 6.03. The van der Waals surface area contributed by atoms with Gasteiger partial charge in [-0.1, -0.05) is 20.3 Å². The minimum absolute atomic E-state index is 0.480. The van der Waals surface area contributed by atoms with E-state index in [1.165, 1.54) is 58.2 Å². The van der Waals surface area contributed by atoms with Crippen molar-refractivity contribution in [2.24, 2.45) is 11.7 Å². The van der Waals surface area contributed by atoms with Gasteiger partial charge in [-0.2, -0.15) is 0 Å². The molecule has 1 rings (SSSR count). The highest BCUT2D eigenvalue weighted by molar-refractivity contribution is 4.77. The molecule has 2 heteroatoms. The predicted molar refractivity (Wildman–Crippen MR) is 67.0 cm³/mol. The third-order valence-corrected chi connectivity index (χ3v) is 3.42. The van der Waals surface area contributed by atoms with Crippen molar-refractivity contribution in [1.82, 2.24) is 4.90 Å². The summed E-state index contributed by atoms with van der Waals surface area (Å²) in [7, 11) is 0. The fourth-order valence-electron chi connectivity index (χ4n) is 2.79. The van der Waals surface area contributed by atoms with Gasteiger partial charge in [0.25, 0.3) is 0 Å². The molecule has 2 N–H and O–H groups in total. The van der Waals surface area contributed by atoms with E-state index in [9.17, 15) is 0 Å². The van der Waals surface area contributed by atoms with E-state index in [1.54, 1.807) is 0 Å². The summed E-state index contributed by atoms with van der Waals surface area (Å²) < 4.78 is 0. The third kappa shape index (κ3) is 4.98. The van der Waals surface area contributed by atoms with Crippen molar-refractivity contribution in [2.45, 2.75) is 58.4 Å². The first kappa shape index (κ1) is 13.0. The molecule has 0 aliphatic heterocycles. The fourth-order valence-corrected chi connectivity index (χ4v) is 2.79. The first-order valence-corrected chi connectivity index (χ1v) is 6.74. The summed E-state index contributed by atoms with van der Waals surface area (Å²) >= 11 is 0. The minimum Gasteiger partial charge on any atom is -0.328 e. The van der Waals surface area contributed by atoms with Gasteiger partial charge in [0.05, 0.1) is 0 Å². The van der Waals surface area contributed by atoms with Crippen LogP contribution in [-0.4, -0.2) is 30.6 Å². The molecular weight excluding hydrogens is 184 g/mol. The maximum atomic E-state index is 6.03. The Hall–Kier alpha value is -0.0800. The van der Waals surface area contributed by atoms with Crippen LogP contribution in [0.15, 0.2) is 0 Å². The zero-order valence-corrected chi connectivity index (χ0v) is 10.5. The Bertz CT molecular complexity index is 150. The molecule has 0 aromatic carbocycles. The van der Waals surface area contributed by atoms with Gasteiger partial charge < -0.3 is 10.6 Å². The van der Waals surface area contributed by atoms with Crippen molar-refractivity contribution in [2.75, 3.05) is 19.6 Å². The number of hydrogen-bond acceptors (Lipinski definition) is 2. The normalized spacial score (nSPS) is 27.2. The highest BCUT2D eigenvalue weighted by atomic mass is 15.1. The molecule has 0 bridgehead atoms. The number of nitrogens with zero attached hydrogens (tertiary/aromatic N) is 1. The molecule has 0 spiro atoms. The molecule has 90 valence electrons. The lowest BCUT2D eigenvalue weighted by Gasteiger charge is -2.31. The van der Waals surface area contributed by atoms with Crippen LogP contribution >= 0.6 is 0 Å². The summed E-state index contributed by atoms with van der Waals surface area (Å²) in [6.07, 6.45) is 7.80. The van der Waals surface area contributed by atoms with Gasteiger partial charge in [-0.3, -0.25) is 0 Å². The second-order valence-electron chi connectivity index (χ2n) is 5.09. The average molecular weight is 212 g/mol. The van der Waals surface area contributed by atoms with E-state index in [0.717, 1.165) is 5.92 Å². The van der Waals surface area contributed by atoms with Crippen molar-refractivity contribution >= 4 is 0 Å². The number of rotatable bonds is 6. The highest BCUT2D eigenvalue weighted by Crippen LogP contribution is 2.24. The van der Waals surface area contributed by atoms with Crippen LogP contribution in [0, 0.1) is 5.92 Å². The highest BCUT2D eigenvalue weighted by Gasteiger charge is 2.20. The second-order valence-corrected chi connectivity index (χ2v) is 5.09. The van der Waals surface area contributed by atoms with Gasteiger partial charge in [0.15, 0.2) is 0 Å². The van der Waals surface area contributed by atoms with E-state index in [2.05, 4.69) is 18.7 Å². The summed E-state index contributed by atoms with van der Waals surface area (Å²) in [5, 5.41) is 0. The van der Waals surface area contributed by atoms with E-state index in [1.807, 2.05) is 0 Å². The molecule has 0 aromatic heterocycles. The molecule has 2 nitrogen and oxygen atoms in total. The Morgan fingerprint density at radius 2 is 1.80 bits per heavy atom. The van der Waals surface area contributed by atoms with E-state index in [4.69, 9.17) is 5.73 Å².